The quantitative estimate of drug-likeness (QED) is 0.474. The molecule has 1 fully saturated rings. The van der Waals surface area contributed by atoms with Gasteiger partial charge in [0.25, 0.3) is 0 Å². The molecule has 13 heavy (non-hydrogen) atoms. The van der Waals surface area contributed by atoms with E-state index in [9.17, 15) is 4.79 Å². The molecule has 72 valence electrons. The van der Waals surface area contributed by atoms with E-state index >= 15 is 0 Å². The molecule has 0 spiro atoms. The minimum absolute atomic E-state index is 0.109. The Morgan fingerprint density at radius 1 is 1.69 bits per heavy atom. The van der Waals surface area contributed by atoms with Crippen molar-refractivity contribution in [3.63, 3.8) is 0 Å². The van der Waals surface area contributed by atoms with Gasteiger partial charge in [-0.1, -0.05) is 5.92 Å². The number of hydrogen-bond donors (Lipinski definition) is 0. The lowest BCUT2D eigenvalue weighted by Gasteiger charge is -2.26. The predicted octanol–water partition coefficient (Wildman–Crippen LogP) is 1.12. The lowest BCUT2D eigenvalue weighted by Crippen LogP contribution is -2.34. The van der Waals surface area contributed by atoms with Crippen LogP contribution in [0.1, 0.15) is 26.2 Å². The molecule has 0 saturated carbocycles. The smallest absolute Gasteiger partial charge is 0.303 e. The summed E-state index contributed by atoms with van der Waals surface area (Å²) in [6.07, 6.45) is 7.65. The fourth-order valence-electron chi connectivity index (χ4n) is 1.40. The zero-order chi connectivity index (χ0) is 9.68. The van der Waals surface area contributed by atoms with Crippen molar-refractivity contribution < 1.29 is 14.3 Å². The maximum atomic E-state index is 10.7. The van der Waals surface area contributed by atoms with Gasteiger partial charge in [-0.05, 0) is 19.3 Å². The zero-order valence-corrected chi connectivity index (χ0v) is 7.79. The van der Waals surface area contributed by atoms with Crippen LogP contribution in [0.3, 0.4) is 0 Å². The van der Waals surface area contributed by atoms with Gasteiger partial charge in [-0.2, -0.15) is 0 Å². The highest BCUT2D eigenvalue weighted by Gasteiger charge is 2.24. The first-order valence-corrected chi connectivity index (χ1v) is 4.49. The molecule has 2 atom stereocenters. The summed E-state index contributed by atoms with van der Waals surface area (Å²) in [4.78, 5) is 10.7. The van der Waals surface area contributed by atoms with Crippen molar-refractivity contribution in [3.05, 3.63) is 0 Å². The number of terminal acetylenes is 1. The van der Waals surface area contributed by atoms with Crippen molar-refractivity contribution in [1.82, 2.24) is 0 Å². The van der Waals surface area contributed by atoms with Gasteiger partial charge in [-0.15, -0.1) is 6.42 Å². The minimum Gasteiger partial charge on any atom is -0.447 e. The van der Waals surface area contributed by atoms with E-state index in [1.807, 2.05) is 0 Å². The Hall–Kier alpha value is -1.01. The van der Waals surface area contributed by atoms with Crippen LogP contribution in [-0.4, -0.2) is 24.8 Å². The maximum Gasteiger partial charge on any atom is 0.303 e. The van der Waals surface area contributed by atoms with Crippen molar-refractivity contribution >= 4 is 5.97 Å². The van der Waals surface area contributed by atoms with Gasteiger partial charge in [0.05, 0.1) is 0 Å². The Morgan fingerprint density at radius 2 is 2.46 bits per heavy atom. The van der Waals surface area contributed by atoms with Crippen molar-refractivity contribution in [2.45, 2.75) is 38.4 Å². The van der Waals surface area contributed by atoms with Crippen LogP contribution < -0.4 is 0 Å². The van der Waals surface area contributed by atoms with Crippen molar-refractivity contribution in [2.24, 2.45) is 0 Å². The summed E-state index contributed by atoms with van der Waals surface area (Å²) in [6.45, 7) is 2.07. The third-order valence-electron chi connectivity index (χ3n) is 2.01. The van der Waals surface area contributed by atoms with Crippen molar-refractivity contribution in [3.8, 4) is 12.3 Å². The Morgan fingerprint density at radius 3 is 2.92 bits per heavy atom. The summed E-state index contributed by atoms with van der Waals surface area (Å²) in [5, 5.41) is 0. The average Bonchev–Trinajstić information content (AvgIpc) is 2.15. The van der Waals surface area contributed by atoms with Gasteiger partial charge in [0.1, 0.15) is 6.10 Å². The molecule has 0 aromatic carbocycles. The first-order chi connectivity index (χ1) is 6.24. The van der Waals surface area contributed by atoms with Crippen molar-refractivity contribution in [2.75, 3.05) is 6.61 Å². The van der Waals surface area contributed by atoms with Crippen LogP contribution in [0.5, 0.6) is 0 Å². The number of esters is 1. The number of hydrogen-bond acceptors (Lipinski definition) is 3. The van der Waals surface area contributed by atoms with Gasteiger partial charge >= 0.3 is 5.97 Å². The molecular formula is C10H14O3. The van der Waals surface area contributed by atoms with Gasteiger partial charge in [-0.3, -0.25) is 4.79 Å². The molecule has 0 unspecified atom stereocenters. The molecular weight excluding hydrogens is 168 g/mol. The Labute approximate surface area is 78.4 Å². The Bertz CT molecular complexity index is 211. The average molecular weight is 182 g/mol. The van der Waals surface area contributed by atoms with E-state index in [-0.39, 0.29) is 12.1 Å². The Balaban J connectivity index is 2.45. The first kappa shape index (κ1) is 10.1. The summed E-state index contributed by atoms with van der Waals surface area (Å²) in [6, 6.07) is 0. The van der Waals surface area contributed by atoms with Crippen LogP contribution in [0, 0.1) is 12.3 Å². The van der Waals surface area contributed by atoms with Crippen LogP contribution in [0.15, 0.2) is 0 Å². The zero-order valence-electron chi connectivity index (χ0n) is 7.79. The monoisotopic (exact) mass is 182 g/mol. The molecule has 0 amide bonds. The molecule has 1 rings (SSSR count). The topological polar surface area (TPSA) is 35.5 Å². The SMILES string of the molecule is C#C[C@@H](OC(C)=O)[C@H]1CCCCO1. The van der Waals surface area contributed by atoms with Gasteiger partial charge < -0.3 is 9.47 Å². The summed E-state index contributed by atoms with van der Waals surface area (Å²) < 4.78 is 10.4. The summed E-state index contributed by atoms with van der Waals surface area (Å²) in [5.74, 6) is 2.09. The highest BCUT2D eigenvalue weighted by molar-refractivity contribution is 5.66. The fraction of sp³-hybridized carbons (Fsp3) is 0.700. The van der Waals surface area contributed by atoms with Crippen LogP contribution in [0.4, 0.5) is 0 Å². The van der Waals surface area contributed by atoms with Crippen molar-refractivity contribution in [1.29, 1.82) is 0 Å². The molecule has 0 radical (unpaired) electrons. The predicted molar refractivity (Wildman–Crippen MR) is 48.0 cm³/mol. The van der Waals surface area contributed by atoms with E-state index in [0.29, 0.717) is 6.61 Å². The van der Waals surface area contributed by atoms with E-state index in [1.165, 1.54) is 6.92 Å². The lowest BCUT2D eigenvalue weighted by molar-refractivity contribution is -0.152. The first-order valence-electron chi connectivity index (χ1n) is 4.49. The Kier molecular flexibility index (Phi) is 3.78. The van der Waals surface area contributed by atoms with Gasteiger partial charge in [0.2, 0.25) is 0 Å². The molecule has 0 aromatic rings. The second kappa shape index (κ2) is 4.88. The fourth-order valence-corrected chi connectivity index (χ4v) is 1.40. The third-order valence-corrected chi connectivity index (χ3v) is 2.01. The molecule has 3 nitrogen and oxygen atoms in total. The van der Waals surface area contributed by atoms with Gasteiger partial charge in [0.15, 0.2) is 6.10 Å². The lowest BCUT2D eigenvalue weighted by atomic mass is 10.0. The van der Waals surface area contributed by atoms with Gasteiger partial charge in [-0.25, -0.2) is 0 Å². The summed E-state index contributed by atoms with van der Waals surface area (Å²) in [7, 11) is 0. The maximum absolute atomic E-state index is 10.7. The van der Waals surface area contributed by atoms with E-state index < -0.39 is 6.10 Å². The summed E-state index contributed by atoms with van der Waals surface area (Å²) >= 11 is 0. The second-order valence-corrected chi connectivity index (χ2v) is 3.10. The molecule has 0 aliphatic carbocycles. The normalized spacial score (nSPS) is 24.5. The molecule has 1 aliphatic heterocycles. The number of carbonyl (C=O) groups is 1. The van der Waals surface area contributed by atoms with Crippen LogP contribution >= 0.6 is 0 Å². The van der Waals surface area contributed by atoms with E-state index in [4.69, 9.17) is 15.9 Å². The van der Waals surface area contributed by atoms with Crippen LogP contribution in [0.2, 0.25) is 0 Å². The molecule has 1 heterocycles. The van der Waals surface area contributed by atoms with Crippen LogP contribution in [0.25, 0.3) is 0 Å². The molecule has 0 bridgehead atoms. The molecule has 0 N–H and O–H groups in total. The number of ether oxygens (including phenoxy) is 2. The molecule has 1 aliphatic rings. The van der Waals surface area contributed by atoms with E-state index in [1.54, 1.807) is 0 Å². The number of carbonyl (C=O) groups excluding carboxylic acids is 1. The van der Waals surface area contributed by atoms with Gasteiger partial charge in [0, 0.05) is 13.5 Å². The highest BCUT2D eigenvalue weighted by atomic mass is 16.6. The number of rotatable bonds is 2. The summed E-state index contributed by atoms with van der Waals surface area (Å²) in [5.41, 5.74) is 0. The second-order valence-electron chi connectivity index (χ2n) is 3.10. The molecule has 1 saturated heterocycles. The highest BCUT2D eigenvalue weighted by Crippen LogP contribution is 2.17. The van der Waals surface area contributed by atoms with Crippen LogP contribution in [-0.2, 0) is 14.3 Å². The van der Waals surface area contributed by atoms with E-state index in [0.717, 1.165) is 19.3 Å². The molecule has 0 aromatic heterocycles. The molecule has 3 heteroatoms. The largest absolute Gasteiger partial charge is 0.447 e. The minimum atomic E-state index is -0.516. The van der Waals surface area contributed by atoms with E-state index in [2.05, 4.69) is 5.92 Å². The third kappa shape index (κ3) is 3.08. The standard InChI is InChI=1S/C10H14O3/c1-3-9(13-8(2)11)10-6-4-5-7-12-10/h1,9-10H,4-7H2,2H3/t9-,10-/m1/s1.